The second-order valence-corrected chi connectivity index (χ2v) is 7.49. The van der Waals surface area contributed by atoms with Crippen molar-refractivity contribution in [3.63, 3.8) is 0 Å². The molecule has 0 saturated carbocycles. The summed E-state index contributed by atoms with van der Waals surface area (Å²) in [7, 11) is 0. The van der Waals surface area contributed by atoms with E-state index in [1.165, 1.54) is 0 Å². The van der Waals surface area contributed by atoms with Crippen molar-refractivity contribution in [2.45, 2.75) is 39.0 Å². The van der Waals surface area contributed by atoms with Crippen LogP contribution in [0.25, 0.3) is 0 Å². The molecular weight excluding hydrogens is 354 g/mol. The fraction of sp³-hybridized carbons (Fsp3) is 0.316. The van der Waals surface area contributed by atoms with Gasteiger partial charge in [0, 0.05) is 17.0 Å². The van der Waals surface area contributed by atoms with Gasteiger partial charge in [-0.1, -0.05) is 38.4 Å². The van der Waals surface area contributed by atoms with Crippen LogP contribution in [0.2, 0.25) is 5.02 Å². The van der Waals surface area contributed by atoms with E-state index in [0.29, 0.717) is 28.4 Å². The summed E-state index contributed by atoms with van der Waals surface area (Å²) >= 11 is 5.95. The number of rotatable bonds is 5. The van der Waals surface area contributed by atoms with Crippen LogP contribution in [0.15, 0.2) is 40.6 Å². The van der Waals surface area contributed by atoms with Crippen molar-refractivity contribution in [1.82, 2.24) is 0 Å². The van der Waals surface area contributed by atoms with Gasteiger partial charge in [0.25, 0.3) is 0 Å². The van der Waals surface area contributed by atoms with Crippen molar-refractivity contribution in [1.29, 1.82) is 0 Å². The van der Waals surface area contributed by atoms with Crippen LogP contribution in [0.5, 0.6) is 5.75 Å². The monoisotopic (exact) mass is 375 g/mol. The molecule has 0 aliphatic rings. The van der Waals surface area contributed by atoms with Crippen molar-refractivity contribution in [3.8, 4) is 5.75 Å². The van der Waals surface area contributed by atoms with Crippen molar-refractivity contribution in [2.75, 3.05) is 5.73 Å². The Hall–Kier alpha value is -2.60. The molecule has 0 spiro atoms. The molecular formula is C19H22ClN3O3. The van der Waals surface area contributed by atoms with Crippen molar-refractivity contribution in [3.05, 3.63) is 46.5 Å². The highest BCUT2D eigenvalue weighted by molar-refractivity contribution is 6.31. The maximum absolute atomic E-state index is 10.9. The normalized spacial score (nSPS) is 11.8. The SMILES string of the molecule is CC(C)(C)c1cc(CCC(=O)O)cc(N=Nc2cc(Cl)ccc2N)c1O. The van der Waals surface area contributed by atoms with Crippen LogP contribution in [0.3, 0.4) is 0 Å². The number of phenols is 1. The van der Waals surface area contributed by atoms with Gasteiger partial charge in [-0.3, -0.25) is 4.79 Å². The topological polar surface area (TPSA) is 108 Å². The van der Waals surface area contributed by atoms with E-state index in [1.807, 2.05) is 26.8 Å². The zero-order valence-electron chi connectivity index (χ0n) is 15.0. The lowest BCUT2D eigenvalue weighted by atomic mass is 9.84. The molecule has 2 rings (SSSR count). The van der Waals surface area contributed by atoms with Gasteiger partial charge in [-0.25, -0.2) is 0 Å². The van der Waals surface area contributed by atoms with Crippen LogP contribution in [0, 0.1) is 0 Å². The minimum Gasteiger partial charge on any atom is -0.505 e. The number of carboxylic acids is 1. The molecule has 0 unspecified atom stereocenters. The maximum Gasteiger partial charge on any atom is 0.303 e. The molecule has 0 aliphatic carbocycles. The van der Waals surface area contributed by atoms with Gasteiger partial charge in [-0.15, -0.1) is 10.2 Å². The van der Waals surface area contributed by atoms with Gasteiger partial charge in [-0.2, -0.15) is 0 Å². The van der Waals surface area contributed by atoms with Gasteiger partial charge >= 0.3 is 5.97 Å². The van der Waals surface area contributed by atoms with Crippen molar-refractivity contribution in [2.24, 2.45) is 10.2 Å². The minimum absolute atomic E-state index is 0.00776. The number of hydrogen-bond donors (Lipinski definition) is 3. The number of benzene rings is 2. The summed E-state index contributed by atoms with van der Waals surface area (Å²) in [5.41, 5.74) is 8.03. The highest BCUT2D eigenvalue weighted by Gasteiger charge is 2.21. The summed E-state index contributed by atoms with van der Waals surface area (Å²) in [4.78, 5) is 10.9. The number of phenolic OH excluding ortho intramolecular Hbond substituents is 1. The number of aryl methyl sites for hydroxylation is 1. The lowest BCUT2D eigenvalue weighted by Crippen LogP contribution is -2.12. The van der Waals surface area contributed by atoms with Gasteiger partial charge in [0.15, 0.2) is 0 Å². The Balaban J connectivity index is 2.48. The average Bonchev–Trinajstić information content (AvgIpc) is 2.54. The molecule has 0 atom stereocenters. The van der Waals surface area contributed by atoms with E-state index in [1.54, 1.807) is 24.3 Å². The van der Waals surface area contributed by atoms with E-state index >= 15 is 0 Å². The second-order valence-electron chi connectivity index (χ2n) is 7.06. The molecule has 7 heteroatoms. The number of nitrogens with zero attached hydrogens (tertiary/aromatic N) is 2. The Morgan fingerprint density at radius 1 is 1.15 bits per heavy atom. The third kappa shape index (κ3) is 4.95. The van der Waals surface area contributed by atoms with Gasteiger partial charge in [0.05, 0.1) is 5.69 Å². The first-order valence-electron chi connectivity index (χ1n) is 8.13. The van der Waals surface area contributed by atoms with Crippen LogP contribution < -0.4 is 5.73 Å². The summed E-state index contributed by atoms with van der Waals surface area (Å²) in [5, 5.41) is 28.2. The second kappa shape index (κ2) is 7.74. The lowest BCUT2D eigenvalue weighted by molar-refractivity contribution is -0.136. The van der Waals surface area contributed by atoms with E-state index < -0.39 is 5.97 Å². The minimum atomic E-state index is -0.884. The number of nitrogen functional groups attached to an aromatic ring is 1. The third-order valence-corrected chi connectivity index (χ3v) is 4.08. The summed E-state index contributed by atoms with van der Waals surface area (Å²) < 4.78 is 0. The molecule has 2 aromatic rings. The van der Waals surface area contributed by atoms with Crippen molar-refractivity contribution >= 4 is 34.6 Å². The predicted octanol–water partition coefficient (Wildman–Crippen LogP) is 5.36. The van der Waals surface area contributed by atoms with Crippen LogP contribution in [0.1, 0.15) is 38.3 Å². The Morgan fingerprint density at radius 2 is 1.81 bits per heavy atom. The fourth-order valence-electron chi connectivity index (χ4n) is 2.43. The summed E-state index contributed by atoms with van der Waals surface area (Å²) in [6, 6.07) is 8.30. The highest BCUT2D eigenvalue weighted by Crippen LogP contribution is 2.40. The van der Waals surface area contributed by atoms with Crippen LogP contribution >= 0.6 is 11.6 Å². The smallest absolute Gasteiger partial charge is 0.303 e. The first-order valence-corrected chi connectivity index (χ1v) is 8.50. The number of aliphatic carboxylic acids is 1. The standard InChI is InChI=1S/C19H22ClN3O3/c1-19(2,3)13-8-11(4-7-17(24)25)9-16(18(13)26)23-22-15-10-12(20)5-6-14(15)21/h5-6,8-10,26H,4,7,21H2,1-3H3,(H,24,25). The van der Waals surface area contributed by atoms with E-state index in [2.05, 4.69) is 10.2 Å². The van der Waals surface area contributed by atoms with Gasteiger partial charge in [0.2, 0.25) is 0 Å². The highest BCUT2D eigenvalue weighted by atomic mass is 35.5. The Kier molecular flexibility index (Phi) is 5.87. The van der Waals surface area contributed by atoms with Crippen LogP contribution in [0.4, 0.5) is 17.1 Å². The zero-order valence-corrected chi connectivity index (χ0v) is 15.7. The molecule has 0 saturated heterocycles. The molecule has 26 heavy (non-hydrogen) atoms. The van der Waals surface area contributed by atoms with Crippen LogP contribution in [-0.2, 0) is 16.6 Å². The van der Waals surface area contributed by atoms with Gasteiger partial charge < -0.3 is 15.9 Å². The first-order chi connectivity index (χ1) is 12.1. The number of halogens is 1. The largest absolute Gasteiger partial charge is 0.505 e. The van der Waals surface area contributed by atoms with E-state index in [0.717, 1.165) is 5.56 Å². The number of aromatic hydroxyl groups is 1. The molecule has 138 valence electrons. The first kappa shape index (κ1) is 19.7. The number of anilines is 1. The molecule has 2 aromatic carbocycles. The van der Waals surface area contributed by atoms with E-state index in [4.69, 9.17) is 22.4 Å². The molecule has 6 nitrogen and oxygen atoms in total. The zero-order chi connectivity index (χ0) is 19.5. The summed E-state index contributed by atoms with van der Waals surface area (Å²) in [5.74, 6) is -0.869. The van der Waals surface area contributed by atoms with Gasteiger partial charge in [0.1, 0.15) is 17.1 Å². The number of azo groups is 1. The number of nitrogens with two attached hydrogens (primary N) is 1. The van der Waals surface area contributed by atoms with Crippen molar-refractivity contribution < 1.29 is 15.0 Å². The Labute approximate surface area is 157 Å². The molecule has 0 bridgehead atoms. The van der Waals surface area contributed by atoms with E-state index in [-0.39, 0.29) is 23.3 Å². The molecule has 0 aliphatic heterocycles. The molecule has 0 radical (unpaired) electrons. The predicted molar refractivity (Wildman–Crippen MR) is 103 cm³/mol. The number of carbonyl (C=O) groups is 1. The summed E-state index contributed by atoms with van der Waals surface area (Å²) in [6.07, 6.45) is 0.326. The molecule has 0 heterocycles. The summed E-state index contributed by atoms with van der Waals surface area (Å²) in [6.45, 7) is 5.87. The molecule has 4 N–H and O–H groups in total. The fourth-order valence-corrected chi connectivity index (χ4v) is 2.60. The maximum atomic E-state index is 10.9. The molecule has 0 amide bonds. The number of carboxylic acid groups (broad SMARTS) is 1. The Bertz CT molecular complexity index is 858. The van der Waals surface area contributed by atoms with Gasteiger partial charge in [-0.05, 0) is 41.7 Å². The van der Waals surface area contributed by atoms with E-state index in [9.17, 15) is 9.90 Å². The third-order valence-electron chi connectivity index (χ3n) is 3.84. The Morgan fingerprint density at radius 3 is 2.42 bits per heavy atom. The average molecular weight is 376 g/mol. The molecule has 0 fully saturated rings. The quantitative estimate of drug-likeness (QED) is 0.482. The number of hydrogen-bond acceptors (Lipinski definition) is 5. The van der Waals surface area contributed by atoms with Crippen LogP contribution in [-0.4, -0.2) is 16.2 Å². The molecule has 0 aromatic heterocycles. The lowest BCUT2D eigenvalue weighted by Gasteiger charge is -2.22.